The number of hydrogen-bond donors (Lipinski definition) is 2. The minimum atomic E-state index is -0.0764. The molecule has 1 amide bonds. The van der Waals surface area contributed by atoms with Crippen LogP contribution in [0.1, 0.15) is 15.9 Å². The number of amides is 1. The maximum absolute atomic E-state index is 11.8. The zero-order valence-electron chi connectivity index (χ0n) is 9.35. The van der Waals surface area contributed by atoms with E-state index in [2.05, 4.69) is 16.8 Å². The van der Waals surface area contributed by atoms with Gasteiger partial charge < -0.3 is 11.1 Å². The van der Waals surface area contributed by atoms with Gasteiger partial charge in [0.1, 0.15) is 0 Å². The van der Waals surface area contributed by atoms with Gasteiger partial charge in [-0.15, -0.1) is 0 Å². The lowest BCUT2D eigenvalue weighted by Crippen LogP contribution is -2.25. The van der Waals surface area contributed by atoms with E-state index in [1.54, 1.807) is 35.6 Å². The van der Waals surface area contributed by atoms with Crippen LogP contribution in [0.2, 0.25) is 0 Å². The van der Waals surface area contributed by atoms with Gasteiger partial charge in [-0.25, -0.2) is 0 Å². The van der Waals surface area contributed by atoms with Crippen LogP contribution in [-0.4, -0.2) is 12.5 Å². The number of hydrogen-bond acceptors (Lipinski definition) is 3. The maximum atomic E-state index is 11.8. The zero-order valence-corrected chi connectivity index (χ0v) is 10.2. The molecule has 0 radical (unpaired) electrons. The highest BCUT2D eigenvalue weighted by Gasteiger charge is 2.04. The molecule has 0 aliphatic rings. The van der Waals surface area contributed by atoms with Crippen molar-refractivity contribution < 1.29 is 4.79 Å². The fourth-order valence-electron chi connectivity index (χ4n) is 1.54. The molecule has 0 unspecified atom stereocenters. The molecule has 2 rings (SSSR count). The van der Waals surface area contributed by atoms with E-state index in [0.29, 0.717) is 17.8 Å². The average molecular weight is 246 g/mol. The largest absolute Gasteiger partial charge is 0.399 e. The Morgan fingerprint density at radius 2 is 2.24 bits per heavy atom. The molecule has 17 heavy (non-hydrogen) atoms. The minimum absolute atomic E-state index is 0.0764. The van der Waals surface area contributed by atoms with Crippen LogP contribution in [0.25, 0.3) is 0 Å². The Morgan fingerprint density at radius 1 is 1.35 bits per heavy atom. The van der Waals surface area contributed by atoms with Crippen molar-refractivity contribution >= 4 is 22.9 Å². The summed E-state index contributed by atoms with van der Waals surface area (Å²) in [5.74, 6) is -0.0764. The molecule has 88 valence electrons. The summed E-state index contributed by atoms with van der Waals surface area (Å²) >= 11 is 1.67. The van der Waals surface area contributed by atoms with Crippen molar-refractivity contribution in [3.63, 3.8) is 0 Å². The first-order valence-corrected chi connectivity index (χ1v) is 6.35. The molecule has 0 saturated carbocycles. The van der Waals surface area contributed by atoms with Crippen molar-refractivity contribution in [2.45, 2.75) is 6.42 Å². The van der Waals surface area contributed by atoms with Gasteiger partial charge in [0.05, 0.1) is 0 Å². The van der Waals surface area contributed by atoms with Gasteiger partial charge in [-0.3, -0.25) is 4.79 Å². The third-order valence-corrected chi connectivity index (χ3v) is 3.16. The number of carbonyl (C=O) groups is 1. The van der Waals surface area contributed by atoms with Gasteiger partial charge in [-0.1, -0.05) is 6.07 Å². The molecule has 0 fully saturated rings. The highest BCUT2D eigenvalue weighted by molar-refractivity contribution is 7.07. The Morgan fingerprint density at radius 3 is 2.94 bits per heavy atom. The highest BCUT2D eigenvalue weighted by Crippen LogP contribution is 2.07. The third kappa shape index (κ3) is 3.32. The third-order valence-electron chi connectivity index (χ3n) is 2.43. The van der Waals surface area contributed by atoms with Crippen molar-refractivity contribution in [2.24, 2.45) is 0 Å². The number of benzene rings is 1. The molecular formula is C13H14N2OS. The van der Waals surface area contributed by atoms with E-state index < -0.39 is 0 Å². The number of nitrogen functional groups attached to an aromatic ring is 1. The monoisotopic (exact) mass is 246 g/mol. The Hall–Kier alpha value is -1.81. The van der Waals surface area contributed by atoms with Crippen LogP contribution in [0.15, 0.2) is 41.1 Å². The van der Waals surface area contributed by atoms with E-state index >= 15 is 0 Å². The standard InChI is InChI=1S/C13H14N2OS/c14-12-3-1-2-11(8-12)13(16)15-6-4-10-5-7-17-9-10/h1-3,5,7-9H,4,6,14H2,(H,15,16). The van der Waals surface area contributed by atoms with Crippen LogP contribution in [0.5, 0.6) is 0 Å². The van der Waals surface area contributed by atoms with Crippen molar-refractivity contribution in [1.82, 2.24) is 5.32 Å². The van der Waals surface area contributed by atoms with E-state index in [0.717, 1.165) is 6.42 Å². The Balaban J connectivity index is 1.85. The summed E-state index contributed by atoms with van der Waals surface area (Å²) in [6.07, 6.45) is 0.859. The fourth-order valence-corrected chi connectivity index (χ4v) is 2.24. The molecule has 0 spiro atoms. The second-order valence-electron chi connectivity index (χ2n) is 3.76. The van der Waals surface area contributed by atoms with Gasteiger partial charge in [0.25, 0.3) is 5.91 Å². The number of thiophene rings is 1. The first kappa shape index (κ1) is 11.7. The van der Waals surface area contributed by atoms with Crippen molar-refractivity contribution in [3.8, 4) is 0 Å². The van der Waals surface area contributed by atoms with Gasteiger partial charge >= 0.3 is 0 Å². The van der Waals surface area contributed by atoms with Crippen molar-refractivity contribution in [1.29, 1.82) is 0 Å². The molecule has 1 aromatic heterocycles. The van der Waals surface area contributed by atoms with Gasteiger partial charge in [0, 0.05) is 17.8 Å². The molecule has 2 aromatic rings. The number of carbonyl (C=O) groups excluding carboxylic acids is 1. The van der Waals surface area contributed by atoms with Gasteiger partial charge in [-0.2, -0.15) is 11.3 Å². The predicted octanol–water partition coefficient (Wildman–Crippen LogP) is 2.30. The fraction of sp³-hybridized carbons (Fsp3) is 0.154. The molecule has 1 aromatic carbocycles. The minimum Gasteiger partial charge on any atom is -0.399 e. The van der Waals surface area contributed by atoms with Crippen LogP contribution in [0.3, 0.4) is 0 Å². The predicted molar refractivity (Wildman–Crippen MR) is 71.2 cm³/mol. The second kappa shape index (κ2) is 5.50. The summed E-state index contributed by atoms with van der Waals surface area (Å²) in [6, 6.07) is 9.05. The summed E-state index contributed by atoms with van der Waals surface area (Å²) in [6.45, 7) is 0.643. The first-order valence-electron chi connectivity index (χ1n) is 5.40. The van der Waals surface area contributed by atoms with Crippen LogP contribution < -0.4 is 11.1 Å². The second-order valence-corrected chi connectivity index (χ2v) is 4.54. The Kier molecular flexibility index (Phi) is 3.77. The number of nitrogens with one attached hydrogen (secondary N) is 1. The van der Waals surface area contributed by atoms with Gasteiger partial charge in [-0.05, 0) is 47.0 Å². The molecule has 0 bridgehead atoms. The smallest absolute Gasteiger partial charge is 0.251 e. The van der Waals surface area contributed by atoms with E-state index in [-0.39, 0.29) is 5.91 Å². The molecule has 0 saturated heterocycles. The van der Waals surface area contributed by atoms with Gasteiger partial charge in [0.2, 0.25) is 0 Å². The molecule has 0 aliphatic heterocycles. The maximum Gasteiger partial charge on any atom is 0.251 e. The Labute approximate surface area is 104 Å². The summed E-state index contributed by atoms with van der Waals surface area (Å²) in [5.41, 5.74) is 8.09. The SMILES string of the molecule is Nc1cccc(C(=O)NCCc2ccsc2)c1. The summed E-state index contributed by atoms with van der Waals surface area (Å²) in [7, 11) is 0. The first-order chi connectivity index (χ1) is 8.25. The lowest BCUT2D eigenvalue weighted by Gasteiger charge is -2.04. The number of nitrogens with two attached hydrogens (primary N) is 1. The van der Waals surface area contributed by atoms with Crippen LogP contribution in [0.4, 0.5) is 5.69 Å². The van der Waals surface area contributed by atoms with Crippen molar-refractivity contribution in [3.05, 3.63) is 52.2 Å². The molecular weight excluding hydrogens is 232 g/mol. The van der Waals surface area contributed by atoms with E-state index in [1.807, 2.05) is 5.38 Å². The molecule has 1 heterocycles. The molecule has 0 atom stereocenters. The van der Waals surface area contributed by atoms with E-state index in [1.165, 1.54) is 5.56 Å². The lowest BCUT2D eigenvalue weighted by atomic mass is 10.2. The van der Waals surface area contributed by atoms with Gasteiger partial charge in [0.15, 0.2) is 0 Å². The average Bonchev–Trinajstić information content (AvgIpc) is 2.82. The summed E-state index contributed by atoms with van der Waals surface area (Å²) < 4.78 is 0. The number of rotatable bonds is 4. The van der Waals surface area contributed by atoms with Crippen LogP contribution >= 0.6 is 11.3 Å². The highest BCUT2D eigenvalue weighted by atomic mass is 32.1. The number of anilines is 1. The lowest BCUT2D eigenvalue weighted by molar-refractivity contribution is 0.0954. The molecule has 3 N–H and O–H groups in total. The van der Waals surface area contributed by atoms with Crippen molar-refractivity contribution in [2.75, 3.05) is 12.3 Å². The summed E-state index contributed by atoms with van der Waals surface area (Å²) in [4.78, 5) is 11.8. The van der Waals surface area contributed by atoms with Crippen LogP contribution in [-0.2, 0) is 6.42 Å². The quantitative estimate of drug-likeness (QED) is 0.813. The molecule has 4 heteroatoms. The van der Waals surface area contributed by atoms with Crippen LogP contribution in [0, 0.1) is 0 Å². The van der Waals surface area contributed by atoms with E-state index in [9.17, 15) is 4.79 Å². The Bertz CT molecular complexity index is 494. The summed E-state index contributed by atoms with van der Waals surface area (Å²) in [5, 5.41) is 7.00. The molecule has 3 nitrogen and oxygen atoms in total. The normalized spacial score (nSPS) is 10.1. The molecule has 0 aliphatic carbocycles. The topological polar surface area (TPSA) is 55.1 Å². The van der Waals surface area contributed by atoms with E-state index in [4.69, 9.17) is 5.73 Å². The zero-order chi connectivity index (χ0) is 12.1.